The Hall–Kier alpha value is -3.81. The largest absolute Gasteiger partial charge is 0.343 e. The molecular formula is C22H21FN6O. The first-order valence-electron chi connectivity index (χ1n) is 9.52. The van der Waals surface area contributed by atoms with Crippen LogP contribution in [0.15, 0.2) is 54.9 Å². The summed E-state index contributed by atoms with van der Waals surface area (Å²) in [4.78, 5) is 30.9. The molecule has 2 aromatic heterocycles. The van der Waals surface area contributed by atoms with Gasteiger partial charge in [0.15, 0.2) is 5.82 Å². The van der Waals surface area contributed by atoms with E-state index in [1.54, 1.807) is 18.2 Å². The van der Waals surface area contributed by atoms with Crippen molar-refractivity contribution in [2.24, 2.45) is 0 Å². The van der Waals surface area contributed by atoms with Crippen molar-refractivity contribution >= 4 is 28.6 Å². The highest BCUT2D eigenvalue weighted by Crippen LogP contribution is 2.22. The van der Waals surface area contributed by atoms with Crippen LogP contribution in [0, 0.1) is 5.82 Å². The predicted molar refractivity (Wildman–Crippen MR) is 115 cm³/mol. The Kier molecular flexibility index (Phi) is 5.14. The highest BCUT2D eigenvalue weighted by atomic mass is 19.1. The van der Waals surface area contributed by atoms with Crippen LogP contribution in [0.25, 0.3) is 22.4 Å². The third-order valence-corrected chi connectivity index (χ3v) is 4.85. The van der Waals surface area contributed by atoms with E-state index in [1.807, 2.05) is 24.1 Å². The number of amides is 1. The lowest BCUT2D eigenvalue weighted by atomic mass is 10.2. The lowest BCUT2D eigenvalue weighted by molar-refractivity contribution is 0.102. The Balaban J connectivity index is 1.50. The van der Waals surface area contributed by atoms with Crippen LogP contribution in [0.5, 0.6) is 0 Å². The van der Waals surface area contributed by atoms with E-state index in [-0.39, 0.29) is 11.7 Å². The molecule has 0 bridgehead atoms. The summed E-state index contributed by atoms with van der Waals surface area (Å²) in [6.07, 6.45) is 2.90. The number of nitrogens with one attached hydrogen (secondary N) is 2. The van der Waals surface area contributed by atoms with E-state index in [0.717, 1.165) is 17.0 Å². The molecule has 1 amide bonds. The molecule has 0 saturated carbocycles. The SMILES string of the molecule is CC(C)N(C)c1nc2ccc(NC(=O)c3cnc(-c4ccc(F)cc4)nc3)cc2[nH]1. The summed E-state index contributed by atoms with van der Waals surface area (Å²) in [5.74, 6) is 0.548. The standard InChI is InChI=1S/C22H21FN6O/c1-13(2)29(3)22-27-18-9-8-17(10-19(18)28-22)26-21(30)15-11-24-20(25-12-15)14-4-6-16(23)7-5-14/h4-13H,1-3H3,(H,26,30)(H,27,28). The number of aromatic amines is 1. The minimum absolute atomic E-state index is 0.308. The highest BCUT2D eigenvalue weighted by Gasteiger charge is 2.12. The molecule has 0 atom stereocenters. The molecule has 0 aliphatic carbocycles. The zero-order valence-corrected chi connectivity index (χ0v) is 16.8. The summed E-state index contributed by atoms with van der Waals surface area (Å²) in [5, 5.41) is 2.85. The first-order valence-corrected chi connectivity index (χ1v) is 9.52. The molecule has 2 N–H and O–H groups in total. The molecular weight excluding hydrogens is 383 g/mol. The third-order valence-electron chi connectivity index (χ3n) is 4.85. The summed E-state index contributed by atoms with van der Waals surface area (Å²) < 4.78 is 13.1. The van der Waals surface area contributed by atoms with Crippen molar-refractivity contribution in [2.75, 3.05) is 17.3 Å². The Morgan fingerprint density at radius 3 is 2.47 bits per heavy atom. The van der Waals surface area contributed by atoms with Gasteiger partial charge in [-0.2, -0.15) is 0 Å². The van der Waals surface area contributed by atoms with E-state index in [2.05, 4.69) is 39.1 Å². The van der Waals surface area contributed by atoms with Crippen molar-refractivity contribution in [1.29, 1.82) is 0 Å². The molecule has 0 aliphatic heterocycles. The zero-order valence-electron chi connectivity index (χ0n) is 16.8. The predicted octanol–water partition coefficient (Wildman–Crippen LogP) is 4.26. The normalized spacial score (nSPS) is 11.1. The van der Waals surface area contributed by atoms with Crippen molar-refractivity contribution < 1.29 is 9.18 Å². The van der Waals surface area contributed by atoms with Crippen molar-refractivity contribution in [1.82, 2.24) is 19.9 Å². The molecule has 0 fully saturated rings. The number of carbonyl (C=O) groups excluding carboxylic acids is 1. The van der Waals surface area contributed by atoms with Gasteiger partial charge in [0, 0.05) is 36.7 Å². The second kappa shape index (κ2) is 7.90. The van der Waals surface area contributed by atoms with Crippen molar-refractivity contribution in [3.8, 4) is 11.4 Å². The van der Waals surface area contributed by atoms with Crippen LogP contribution in [0.2, 0.25) is 0 Å². The number of benzene rings is 2. The molecule has 30 heavy (non-hydrogen) atoms. The molecule has 2 heterocycles. The number of aromatic nitrogens is 4. The molecule has 8 heteroatoms. The topological polar surface area (TPSA) is 86.8 Å². The quantitative estimate of drug-likeness (QED) is 0.519. The van der Waals surface area contributed by atoms with Gasteiger partial charge < -0.3 is 15.2 Å². The number of imidazole rings is 1. The smallest absolute Gasteiger partial charge is 0.258 e. The molecule has 0 saturated heterocycles. The number of H-pyrrole nitrogens is 1. The number of hydrogen-bond acceptors (Lipinski definition) is 5. The van der Waals surface area contributed by atoms with E-state index in [0.29, 0.717) is 28.7 Å². The molecule has 0 spiro atoms. The van der Waals surface area contributed by atoms with Crippen LogP contribution in [-0.4, -0.2) is 38.9 Å². The van der Waals surface area contributed by atoms with Gasteiger partial charge in [-0.1, -0.05) is 0 Å². The number of rotatable bonds is 5. The maximum atomic E-state index is 13.1. The molecule has 0 aliphatic rings. The number of fused-ring (bicyclic) bond motifs is 1. The average molecular weight is 404 g/mol. The number of anilines is 2. The van der Waals surface area contributed by atoms with Gasteiger partial charge in [-0.3, -0.25) is 4.79 Å². The second-order valence-corrected chi connectivity index (χ2v) is 7.25. The van der Waals surface area contributed by atoms with Crippen LogP contribution in [0.4, 0.5) is 16.0 Å². The summed E-state index contributed by atoms with van der Waals surface area (Å²) in [7, 11) is 1.97. The van der Waals surface area contributed by atoms with Gasteiger partial charge in [-0.05, 0) is 56.3 Å². The van der Waals surface area contributed by atoms with Crippen molar-refractivity contribution in [3.05, 3.63) is 66.2 Å². The average Bonchev–Trinajstić information content (AvgIpc) is 3.17. The Morgan fingerprint density at radius 1 is 1.10 bits per heavy atom. The fourth-order valence-corrected chi connectivity index (χ4v) is 2.88. The van der Waals surface area contributed by atoms with Gasteiger partial charge in [-0.15, -0.1) is 0 Å². The number of hydrogen-bond donors (Lipinski definition) is 2. The Morgan fingerprint density at radius 2 is 1.80 bits per heavy atom. The molecule has 4 rings (SSSR count). The molecule has 0 radical (unpaired) electrons. The maximum absolute atomic E-state index is 13.1. The highest BCUT2D eigenvalue weighted by molar-refractivity contribution is 6.04. The van der Waals surface area contributed by atoms with Crippen LogP contribution < -0.4 is 10.2 Å². The first-order chi connectivity index (χ1) is 14.4. The maximum Gasteiger partial charge on any atom is 0.258 e. The van der Waals surface area contributed by atoms with Crippen LogP contribution in [-0.2, 0) is 0 Å². The number of halogens is 1. The minimum Gasteiger partial charge on any atom is -0.343 e. The van der Waals surface area contributed by atoms with Gasteiger partial charge in [-0.25, -0.2) is 19.3 Å². The van der Waals surface area contributed by atoms with Crippen molar-refractivity contribution in [2.45, 2.75) is 19.9 Å². The van der Waals surface area contributed by atoms with Gasteiger partial charge in [0.1, 0.15) is 5.82 Å². The Bertz CT molecular complexity index is 1180. The fraction of sp³-hybridized carbons (Fsp3) is 0.182. The van der Waals surface area contributed by atoms with E-state index < -0.39 is 0 Å². The first kappa shape index (κ1) is 19.5. The van der Waals surface area contributed by atoms with Crippen LogP contribution in [0.1, 0.15) is 24.2 Å². The number of nitrogens with zero attached hydrogens (tertiary/aromatic N) is 4. The summed E-state index contributed by atoms with van der Waals surface area (Å²) in [5.41, 5.74) is 3.29. The summed E-state index contributed by atoms with van der Waals surface area (Å²) in [6.45, 7) is 4.17. The lowest BCUT2D eigenvalue weighted by Gasteiger charge is -2.19. The van der Waals surface area contributed by atoms with Gasteiger partial charge in [0.05, 0.1) is 16.6 Å². The molecule has 4 aromatic rings. The monoisotopic (exact) mass is 404 g/mol. The van der Waals surface area contributed by atoms with Crippen molar-refractivity contribution in [3.63, 3.8) is 0 Å². The number of carbonyl (C=O) groups is 1. The van der Waals surface area contributed by atoms with Crippen LogP contribution >= 0.6 is 0 Å². The molecule has 7 nitrogen and oxygen atoms in total. The fourth-order valence-electron chi connectivity index (χ4n) is 2.88. The van der Waals surface area contributed by atoms with Gasteiger partial charge in [0.25, 0.3) is 5.91 Å². The Labute approximate surface area is 173 Å². The van der Waals surface area contributed by atoms with Gasteiger partial charge in [0.2, 0.25) is 5.95 Å². The second-order valence-electron chi connectivity index (χ2n) is 7.25. The zero-order chi connectivity index (χ0) is 21.3. The molecule has 0 unspecified atom stereocenters. The molecule has 2 aromatic carbocycles. The van der Waals surface area contributed by atoms with E-state index in [4.69, 9.17) is 0 Å². The third kappa shape index (κ3) is 3.98. The lowest BCUT2D eigenvalue weighted by Crippen LogP contribution is -2.26. The molecule has 152 valence electrons. The van der Waals surface area contributed by atoms with Gasteiger partial charge >= 0.3 is 0 Å². The van der Waals surface area contributed by atoms with Crippen LogP contribution in [0.3, 0.4) is 0 Å². The van der Waals surface area contributed by atoms with E-state index in [1.165, 1.54) is 24.5 Å². The minimum atomic E-state index is -0.327. The summed E-state index contributed by atoms with van der Waals surface area (Å²) >= 11 is 0. The van der Waals surface area contributed by atoms with E-state index in [9.17, 15) is 9.18 Å². The van der Waals surface area contributed by atoms with E-state index >= 15 is 0 Å². The summed E-state index contributed by atoms with van der Waals surface area (Å²) in [6, 6.07) is 11.7.